The molecule has 3 aromatic heterocycles. The first-order valence-corrected chi connectivity index (χ1v) is 15.1. The minimum absolute atomic E-state index is 0.0296. The number of thiazole rings is 1. The number of nitrogens with one attached hydrogen (secondary N) is 1. The molecular weight excluding hydrogens is 578 g/mol. The largest absolute Gasteiger partial charge is 0.488 e. The Kier molecular flexibility index (Phi) is 7.25. The van der Waals surface area contributed by atoms with Crippen LogP contribution in [0.5, 0.6) is 5.75 Å². The summed E-state index contributed by atoms with van der Waals surface area (Å²) >= 11 is 1.10. The van der Waals surface area contributed by atoms with E-state index in [4.69, 9.17) is 9.47 Å². The number of amides is 1. The standard InChI is InChI=1S/C26H26F2N6O5S2/c1-32(26-29-7-9-40-26)41(36,37)31-25(35)22-12-30-24-5-3-18(14-34(22)24)33-13-17(28)11-21(33)20-10-16(27)2-4-23(20)39-19-6-8-38-15-19/h2-5,7,9-10,12,14,17,19,21H,6,8,11,13,15H2,1H3,(H,31,35). The average Bonchev–Trinajstić information content (AvgIpc) is 3.76. The minimum atomic E-state index is -4.25. The van der Waals surface area contributed by atoms with E-state index in [9.17, 15) is 22.0 Å². The number of halogens is 2. The zero-order valence-corrected chi connectivity index (χ0v) is 23.4. The van der Waals surface area contributed by atoms with Crippen molar-refractivity contribution in [1.82, 2.24) is 19.1 Å². The number of rotatable bonds is 8. The van der Waals surface area contributed by atoms with Crippen LogP contribution < -0.4 is 18.7 Å². The number of nitrogens with zero attached hydrogens (tertiary/aromatic N) is 5. The summed E-state index contributed by atoms with van der Waals surface area (Å²) in [4.78, 5) is 23.0. The van der Waals surface area contributed by atoms with Crippen molar-refractivity contribution in [2.24, 2.45) is 0 Å². The van der Waals surface area contributed by atoms with Crippen molar-refractivity contribution < 1.29 is 31.5 Å². The van der Waals surface area contributed by atoms with Gasteiger partial charge in [-0.2, -0.15) is 8.42 Å². The molecule has 2 saturated heterocycles. The highest BCUT2D eigenvalue weighted by atomic mass is 32.2. The molecule has 2 fully saturated rings. The maximum absolute atomic E-state index is 14.9. The van der Waals surface area contributed by atoms with E-state index < -0.39 is 34.1 Å². The van der Waals surface area contributed by atoms with E-state index in [0.29, 0.717) is 42.3 Å². The number of hydrogen-bond acceptors (Lipinski definition) is 9. The maximum atomic E-state index is 14.9. The number of alkyl halides is 1. The summed E-state index contributed by atoms with van der Waals surface area (Å²) in [5, 5.41) is 1.80. The highest BCUT2D eigenvalue weighted by molar-refractivity contribution is 7.91. The summed E-state index contributed by atoms with van der Waals surface area (Å²) in [7, 11) is -2.97. The normalized spacial score (nSPS) is 21.0. The minimum Gasteiger partial charge on any atom is -0.488 e. The highest BCUT2D eigenvalue weighted by Crippen LogP contribution is 2.42. The second-order valence-electron chi connectivity index (χ2n) is 9.76. The van der Waals surface area contributed by atoms with E-state index in [0.717, 1.165) is 15.6 Å². The number of pyridine rings is 1. The Morgan fingerprint density at radius 3 is 2.88 bits per heavy atom. The molecule has 0 aliphatic carbocycles. The van der Waals surface area contributed by atoms with Crippen molar-refractivity contribution in [2.45, 2.75) is 31.2 Å². The predicted molar refractivity (Wildman–Crippen MR) is 148 cm³/mol. The number of ether oxygens (including phenoxy) is 2. The fourth-order valence-electron chi connectivity index (χ4n) is 5.06. The number of imidazole rings is 1. The summed E-state index contributed by atoms with van der Waals surface area (Å²) < 4.78 is 70.8. The molecule has 0 saturated carbocycles. The SMILES string of the molecule is CN(c1nccs1)S(=O)(=O)NC(=O)c1cnc2ccc(N3CC(F)CC3c3cc(F)ccc3OC3CCOC3)cn12. The van der Waals surface area contributed by atoms with Crippen LogP contribution in [0.15, 0.2) is 54.3 Å². The van der Waals surface area contributed by atoms with E-state index in [2.05, 4.69) is 9.97 Å². The molecule has 3 unspecified atom stereocenters. The van der Waals surface area contributed by atoms with Crippen LogP contribution in [0.25, 0.3) is 5.65 Å². The molecule has 2 aliphatic heterocycles. The van der Waals surface area contributed by atoms with Crippen molar-refractivity contribution in [3.05, 3.63) is 71.4 Å². The Morgan fingerprint density at radius 2 is 2.12 bits per heavy atom. The molecule has 3 atom stereocenters. The van der Waals surface area contributed by atoms with Gasteiger partial charge in [0.2, 0.25) is 0 Å². The summed E-state index contributed by atoms with van der Waals surface area (Å²) in [6.45, 7) is 1.03. The van der Waals surface area contributed by atoms with Gasteiger partial charge < -0.3 is 14.4 Å². The van der Waals surface area contributed by atoms with Crippen LogP contribution in [0.4, 0.5) is 19.6 Å². The van der Waals surface area contributed by atoms with E-state index in [1.165, 1.54) is 36.0 Å². The van der Waals surface area contributed by atoms with Crippen molar-refractivity contribution >= 4 is 43.9 Å². The first-order chi connectivity index (χ1) is 19.7. The van der Waals surface area contributed by atoms with Crippen LogP contribution in [-0.2, 0) is 14.9 Å². The van der Waals surface area contributed by atoms with E-state index >= 15 is 0 Å². The predicted octanol–water partition coefficient (Wildman–Crippen LogP) is 3.50. The molecule has 1 aromatic carbocycles. The Balaban J connectivity index is 1.30. The smallest absolute Gasteiger partial charge is 0.328 e. The van der Waals surface area contributed by atoms with Gasteiger partial charge in [0.05, 0.1) is 31.1 Å². The second-order valence-corrected chi connectivity index (χ2v) is 12.3. The molecule has 0 bridgehead atoms. The molecule has 11 nitrogen and oxygen atoms in total. The van der Waals surface area contributed by atoms with Crippen LogP contribution in [-0.4, -0.2) is 67.8 Å². The number of anilines is 2. The lowest BCUT2D eigenvalue weighted by molar-refractivity contribution is 0.0975. The number of aromatic nitrogens is 3. The monoisotopic (exact) mass is 604 g/mol. The third-order valence-corrected chi connectivity index (χ3v) is 9.39. The Morgan fingerprint density at radius 1 is 1.27 bits per heavy atom. The Bertz CT molecular complexity index is 1680. The average molecular weight is 605 g/mol. The van der Waals surface area contributed by atoms with Gasteiger partial charge in [-0.1, -0.05) is 0 Å². The topological polar surface area (TPSA) is 118 Å². The van der Waals surface area contributed by atoms with Crippen molar-refractivity contribution in [3.8, 4) is 5.75 Å². The molecule has 6 rings (SSSR count). The van der Waals surface area contributed by atoms with Gasteiger partial charge in [-0.25, -0.2) is 27.8 Å². The fraction of sp³-hybridized carbons (Fsp3) is 0.346. The quantitative estimate of drug-likeness (QED) is 0.325. The van der Waals surface area contributed by atoms with Gasteiger partial charge in [-0.05, 0) is 30.3 Å². The number of hydrogen-bond donors (Lipinski definition) is 1. The summed E-state index contributed by atoms with van der Waals surface area (Å²) in [6, 6.07) is 7.04. The van der Waals surface area contributed by atoms with Gasteiger partial charge in [0.15, 0.2) is 5.13 Å². The van der Waals surface area contributed by atoms with Crippen LogP contribution >= 0.6 is 11.3 Å². The summed E-state index contributed by atoms with van der Waals surface area (Å²) in [6.07, 6.45) is 3.74. The third-order valence-electron chi connectivity index (χ3n) is 7.09. The Hall–Kier alpha value is -3.82. The molecule has 0 spiro atoms. The lowest BCUT2D eigenvalue weighted by Gasteiger charge is -2.29. The number of benzene rings is 1. The first kappa shape index (κ1) is 27.4. The zero-order valence-electron chi connectivity index (χ0n) is 21.8. The van der Waals surface area contributed by atoms with Crippen LogP contribution in [0.3, 0.4) is 0 Å². The van der Waals surface area contributed by atoms with Gasteiger partial charge in [0.25, 0.3) is 5.91 Å². The number of fused-ring (bicyclic) bond motifs is 1. The second kappa shape index (κ2) is 10.9. The van der Waals surface area contributed by atoms with E-state index in [1.54, 1.807) is 34.7 Å². The van der Waals surface area contributed by atoms with Gasteiger partial charge in [-0.15, -0.1) is 11.3 Å². The van der Waals surface area contributed by atoms with E-state index in [-0.39, 0.29) is 29.9 Å². The number of carbonyl (C=O) groups is 1. The lowest BCUT2D eigenvalue weighted by atomic mass is 10.0. The first-order valence-electron chi connectivity index (χ1n) is 12.8. The molecule has 5 heterocycles. The van der Waals surface area contributed by atoms with E-state index in [1.807, 2.05) is 4.72 Å². The highest BCUT2D eigenvalue weighted by Gasteiger charge is 2.36. The van der Waals surface area contributed by atoms with Crippen LogP contribution in [0.1, 0.15) is 34.9 Å². The number of carbonyl (C=O) groups excluding carboxylic acids is 1. The van der Waals surface area contributed by atoms with Crippen LogP contribution in [0, 0.1) is 5.82 Å². The van der Waals surface area contributed by atoms with Crippen molar-refractivity contribution in [3.63, 3.8) is 0 Å². The Labute approximate surface area is 238 Å². The van der Waals surface area contributed by atoms with Gasteiger partial charge in [-0.3, -0.25) is 9.20 Å². The molecule has 1 N–H and O–H groups in total. The van der Waals surface area contributed by atoms with Crippen molar-refractivity contribution in [1.29, 1.82) is 0 Å². The molecule has 0 radical (unpaired) electrons. The van der Waals surface area contributed by atoms with Gasteiger partial charge >= 0.3 is 10.2 Å². The molecule has 41 heavy (non-hydrogen) atoms. The molecular formula is C26H26F2N6O5S2. The molecule has 4 aromatic rings. The maximum Gasteiger partial charge on any atom is 0.328 e. The molecule has 2 aliphatic rings. The molecule has 216 valence electrons. The third kappa shape index (κ3) is 5.44. The molecule has 1 amide bonds. The molecule has 15 heteroatoms. The summed E-state index contributed by atoms with van der Waals surface area (Å²) in [5.74, 6) is -0.909. The van der Waals surface area contributed by atoms with Gasteiger partial charge in [0.1, 0.15) is 35.2 Å². The fourth-order valence-corrected chi connectivity index (χ4v) is 6.72. The lowest BCUT2D eigenvalue weighted by Crippen LogP contribution is -2.42. The van der Waals surface area contributed by atoms with Gasteiger partial charge in [0, 0.05) is 49.8 Å². The summed E-state index contributed by atoms with van der Waals surface area (Å²) in [5.41, 5.74) is 1.39. The zero-order chi connectivity index (χ0) is 28.7. The van der Waals surface area contributed by atoms with Crippen molar-refractivity contribution in [2.75, 3.05) is 36.0 Å². The van der Waals surface area contributed by atoms with Crippen LogP contribution in [0.2, 0.25) is 0 Å².